The molecule has 0 aromatic rings. The van der Waals surface area contributed by atoms with E-state index in [1.165, 1.54) is 32.1 Å². The molecule has 0 heterocycles. The number of rotatable bonds is 21. The van der Waals surface area contributed by atoms with Gasteiger partial charge in [0.1, 0.15) is 12.0 Å². The predicted molar refractivity (Wildman–Crippen MR) is 101 cm³/mol. The minimum Gasteiger partial charge on any atom is -0.691 e. The van der Waals surface area contributed by atoms with Gasteiger partial charge >= 0.3 is 23.4 Å². The molecule has 0 spiro atoms. The largest absolute Gasteiger partial charge is 0.691 e. The molecule has 0 aliphatic carbocycles. The van der Waals surface area contributed by atoms with Crippen molar-refractivity contribution in [3.63, 3.8) is 0 Å². The summed E-state index contributed by atoms with van der Waals surface area (Å²) in [4.78, 5) is 0. The van der Waals surface area contributed by atoms with Crippen molar-refractivity contribution in [1.29, 1.82) is 0 Å². The van der Waals surface area contributed by atoms with Crippen molar-refractivity contribution in [2.45, 2.75) is 120 Å². The van der Waals surface area contributed by atoms with Gasteiger partial charge in [0.05, 0.1) is 0 Å². The summed E-state index contributed by atoms with van der Waals surface area (Å²) >= 11 is -1.65. The van der Waals surface area contributed by atoms with Gasteiger partial charge in [-0.15, -0.1) is 0 Å². The number of hydrogen-bond acceptors (Lipinski definition) is 5. The Hall–Kier alpha value is -0.370. The molecule has 0 fully saturated rings. The monoisotopic (exact) mass is 507 g/mol. The first kappa shape index (κ1) is 31.6. The standard InChI is InChI=1S/C19H32F8O4S/c1-2-3-4-5-6-7-8-9-10-11-12-13-14-15-16(20,21)17(22,23)29-18(24,25)19(26,27)32-31-30-28/h28H,2-15H2,1H3/p-1. The first-order valence-electron chi connectivity index (χ1n) is 10.7. The zero-order chi connectivity index (χ0) is 24.7. The van der Waals surface area contributed by atoms with Crippen molar-refractivity contribution < 1.29 is 54.5 Å². The lowest BCUT2D eigenvalue weighted by atomic mass is 10.0. The summed E-state index contributed by atoms with van der Waals surface area (Å²) in [6.07, 6.45) is -2.43. The maximum absolute atomic E-state index is 13.6. The molecule has 0 saturated carbocycles. The van der Waals surface area contributed by atoms with Crippen molar-refractivity contribution in [3.8, 4) is 0 Å². The molecule has 0 amide bonds. The summed E-state index contributed by atoms with van der Waals surface area (Å²) in [5.74, 6) is -5.11. The fraction of sp³-hybridized carbons (Fsp3) is 1.00. The van der Waals surface area contributed by atoms with Gasteiger partial charge in [0, 0.05) is 6.42 Å². The van der Waals surface area contributed by atoms with Crippen LogP contribution in [0.3, 0.4) is 0 Å². The topological polar surface area (TPSA) is 50.8 Å². The average molecular weight is 508 g/mol. The van der Waals surface area contributed by atoms with Gasteiger partial charge in [-0.3, -0.25) is 5.04 Å². The minimum atomic E-state index is -6.07. The molecule has 0 aliphatic heterocycles. The van der Waals surface area contributed by atoms with Crippen molar-refractivity contribution in [1.82, 2.24) is 0 Å². The molecular formula is C19H31F8O4S-. The van der Waals surface area contributed by atoms with Crippen molar-refractivity contribution in [3.05, 3.63) is 0 Å². The van der Waals surface area contributed by atoms with E-state index in [1.807, 2.05) is 0 Å². The third kappa shape index (κ3) is 12.2. The number of halogens is 8. The van der Waals surface area contributed by atoms with Gasteiger partial charge in [-0.25, -0.2) is 4.74 Å². The van der Waals surface area contributed by atoms with E-state index in [-0.39, 0.29) is 6.42 Å². The second-order valence-corrected chi connectivity index (χ2v) is 8.38. The zero-order valence-electron chi connectivity index (χ0n) is 18.0. The van der Waals surface area contributed by atoms with Crippen LogP contribution >= 0.6 is 12.0 Å². The molecule has 0 aromatic heterocycles. The second kappa shape index (κ2) is 15.5. The fourth-order valence-electron chi connectivity index (χ4n) is 2.91. The molecule has 194 valence electrons. The van der Waals surface area contributed by atoms with Crippen molar-refractivity contribution in [2.24, 2.45) is 0 Å². The summed E-state index contributed by atoms with van der Waals surface area (Å²) in [5.41, 5.74) is 0. The average Bonchev–Trinajstić information content (AvgIpc) is 2.68. The normalized spacial score (nSPS) is 13.7. The van der Waals surface area contributed by atoms with E-state index in [1.54, 1.807) is 0 Å². The molecule has 0 unspecified atom stereocenters. The quantitative estimate of drug-likeness (QED) is 0.0522. The molecule has 0 rings (SSSR count). The fourth-order valence-corrected chi connectivity index (χ4v) is 3.16. The second-order valence-electron chi connectivity index (χ2n) is 7.57. The Morgan fingerprint density at radius 3 is 1.44 bits per heavy atom. The van der Waals surface area contributed by atoms with Crippen molar-refractivity contribution >= 4 is 12.0 Å². The Morgan fingerprint density at radius 2 is 1.03 bits per heavy atom. The Balaban J connectivity index is 4.16. The van der Waals surface area contributed by atoms with Gasteiger partial charge in [-0.1, -0.05) is 84.0 Å². The van der Waals surface area contributed by atoms with Crippen LogP contribution < -0.4 is 5.26 Å². The highest BCUT2D eigenvalue weighted by atomic mass is 32.2. The van der Waals surface area contributed by atoms with Crippen LogP contribution in [0, 0.1) is 0 Å². The summed E-state index contributed by atoms with van der Waals surface area (Å²) in [7, 11) is 0. The Bertz CT molecular complexity index is 484. The van der Waals surface area contributed by atoms with Gasteiger partial charge in [-0.05, 0) is 6.42 Å². The van der Waals surface area contributed by atoms with Crippen LogP contribution in [-0.2, 0) is 14.1 Å². The molecule has 4 nitrogen and oxygen atoms in total. The molecule has 0 aromatic carbocycles. The smallest absolute Gasteiger partial charge is 0.436 e. The molecule has 0 atom stereocenters. The Morgan fingerprint density at radius 1 is 0.625 bits per heavy atom. The number of alkyl halides is 8. The summed E-state index contributed by atoms with van der Waals surface area (Å²) in [5, 5.41) is 6.24. The molecule has 0 radical (unpaired) electrons. The van der Waals surface area contributed by atoms with E-state index in [0.29, 0.717) is 6.42 Å². The lowest BCUT2D eigenvalue weighted by molar-refractivity contribution is -0.777. The van der Waals surface area contributed by atoms with E-state index in [9.17, 15) is 40.4 Å². The van der Waals surface area contributed by atoms with E-state index >= 15 is 0 Å². The lowest BCUT2D eigenvalue weighted by Gasteiger charge is -2.32. The van der Waals surface area contributed by atoms with Gasteiger partial charge < -0.3 is 5.26 Å². The van der Waals surface area contributed by atoms with Gasteiger partial charge in [-0.2, -0.15) is 39.5 Å². The Kier molecular flexibility index (Phi) is 15.3. The van der Waals surface area contributed by atoms with Crippen LogP contribution in [0.25, 0.3) is 0 Å². The number of hydrogen-bond donors (Lipinski definition) is 0. The molecule has 13 heteroatoms. The molecule has 0 bridgehead atoms. The molecular weight excluding hydrogens is 476 g/mol. The van der Waals surface area contributed by atoms with E-state index in [0.717, 1.165) is 32.1 Å². The summed E-state index contributed by atoms with van der Waals surface area (Å²) in [6.45, 7) is 2.15. The first-order valence-corrected chi connectivity index (χ1v) is 11.4. The molecule has 0 aliphatic rings. The van der Waals surface area contributed by atoms with E-state index in [2.05, 4.69) is 21.0 Å². The van der Waals surface area contributed by atoms with Gasteiger partial charge in [0.15, 0.2) is 0 Å². The van der Waals surface area contributed by atoms with Crippen molar-refractivity contribution in [2.75, 3.05) is 0 Å². The minimum absolute atomic E-state index is 0.153. The number of ether oxygens (including phenoxy) is 1. The summed E-state index contributed by atoms with van der Waals surface area (Å²) < 4.78 is 112. The molecule has 0 saturated heterocycles. The first-order chi connectivity index (χ1) is 14.8. The van der Waals surface area contributed by atoms with Crippen LogP contribution in [0.2, 0.25) is 0 Å². The van der Waals surface area contributed by atoms with Crippen LogP contribution in [0.15, 0.2) is 0 Å². The highest BCUT2D eigenvalue weighted by Gasteiger charge is 2.69. The third-order valence-electron chi connectivity index (χ3n) is 4.78. The van der Waals surface area contributed by atoms with Crippen LogP contribution in [-0.4, -0.2) is 23.4 Å². The van der Waals surface area contributed by atoms with E-state index < -0.39 is 48.3 Å². The lowest BCUT2D eigenvalue weighted by Crippen LogP contribution is -2.52. The third-order valence-corrected chi connectivity index (χ3v) is 5.35. The predicted octanol–water partition coefficient (Wildman–Crippen LogP) is 7.77. The van der Waals surface area contributed by atoms with Gasteiger partial charge in [0.2, 0.25) is 0 Å². The van der Waals surface area contributed by atoms with Crippen LogP contribution in [0.4, 0.5) is 35.1 Å². The Labute approximate surface area is 187 Å². The van der Waals surface area contributed by atoms with Crippen LogP contribution in [0.1, 0.15) is 96.8 Å². The van der Waals surface area contributed by atoms with E-state index in [4.69, 9.17) is 0 Å². The molecule has 0 N–H and O–H groups in total. The van der Waals surface area contributed by atoms with Crippen LogP contribution in [0.5, 0.6) is 0 Å². The summed E-state index contributed by atoms with van der Waals surface area (Å²) in [6, 6.07) is 0. The SMILES string of the molecule is CCCCCCCCCCCCCCCC(F)(F)C(F)(F)OC(F)(F)C(F)(F)SOO[O-]. The highest BCUT2D eigenvalue weighted by molar-refractivity contribution is 7.95. The zero-order valence-corrected chi connectivity index (χ0v) is 18.8. The highest BCUT2D eigenvalue weighted by Crippen LogP contribution is 2.50. The maximum atomic E-state index is 13.6. The molecule has 32 heavy (non-hydrogen) atoms. The number of unbranched alkanes of at least 4 members (excludes halogenated alkanes) is 12. The maximum Gasteiger partial charge on any atom is 0.436 e. The van der Waals surface area contributed by atoms with Gasteiger partial charge in [0.25, 0.3) is 0 Å².